The molecular formula is C11H15NO2. The third-order valence-electron chi connectivity index (χ3n) is 2.48. The standard InChI is InChI=1S/C11H15NO2/c1-7-5-6-10(9(3)8(7)2)12-11(13)14-4/h5-6H,1-4H3,(H,12,13). The Labute approximate surface area is 84.1 Å². The van der Waals surface area contributed by atoms with Crippen LogP contribution in [-0.2, 0) is 4.74 Å². The number of ether oxygens (including phenoxy) is 1. The summed E-state index contributed by atoms with van der Waals surface area (Å²) in [6.45, 7) is 6.06. The van der Waals surface area contributed by atoms with Gasteiger partial charge in [0.05, 0.1) is 7.11 Å². The predicted octanol–water partition coefficient (Wildman–Crippen LogP) is 2.79. The van der Waals surface area contributed by atoms with Crippen molar-refractivity contribution >= 4 is 11.8 Å². The zero-order chi connectivity index (χ0) is 10.7. The van der Waals surface area contributed by atoms with Crippen molar-refractivity contribution in [2.45, 2.75) is 20.8 Å². The van der Waals surface area contributed by atoms with Gasteiger partial charge in [0.25, 0.3) is 0 Å². The first-order valence-corrected chi connectivity index (χ1v) is 4.48. The normalized spacial score (nSPS) is 9.71. The summed E-state index contributed by atoms with van der Waals surface area (Å²) in [6, 6.07) is 3.86. The number of carbonyl (C=O) groups is 1. The van der Waals surface area contributed by atoms with Crippen molar-refractivity contribution in [3.8, 4) is 0 Å². The molecule has 1 N–H and O–H groups in total. The van der Waals surface area contributed by atoms with Gasteiger partial charge in [-0.05, 0) is 43.5 Å². The van der Waals surface area contributed by atoms with Crippen LogP contribution in [0.4, 0.5) is 10.5 Å². The second-order valence-corrected chi connectivity index (χ2v) is 3.30. The van der Waals surface area contributed by atoms with E-state index in [1.165, 1.54) is 18.2 Å². The fourth-order valence-electron chi connectivity index (χ4n) is 1.25. The highest BCUT2D eigenvalue weighted by atomic mass is 16.5. The summed E-state index contributed by atoms with van der Waals surface area (Å²) in [7, 11) is 1.35. The molecule has 1 rings (SSSR count). The lowest BCUT2D eigenvalue weighted by Crippen LogP contribution is -2.12. The van der Waals surface area contributed by atoms with Gasteiger partial charge < -0.3 is 4.74 Å². The van der Waals surface area contributed by atoms with Crippen LogP contribution in [0.2, 0.25) is 0 Å². The minimum Gasteiger partial charge on any atom is -0.453 e. The van der Waals surface area contributed by atoms with Crippen LogP contribution in [0.1, 0.15) is 16.7 Å². The van der Waals surface area contributed by atoms with Gasteiger partial charge in [0.2, 0.25) is 0 Å². The van der Waals surface area contributed by atoms with Crippen molar-refractivity contribution in [3.05, 3.63) is 28.8 Å². The number of rotatable bonds is 1. The van der Waals surface area contributed by atoms with E-state index in [-0.39, 0.29) is 0 Å². The van der Waals surface area contributed by atoms with E-state index in [4.69, 9.17) is 0 Å². The summed E-state index contributed by atoms with van der Waals surface area (Å²) in [5, 5.41) is 2.67. The van der Waals surface area contributed by atoms with Gasteiger partial charge in [0.1, 0.15) is 0 Å². The maximum absolute atomic E-state index is 11.0. The molecule has 1 aromatic carbocycles. The molecule has 14 heavy (non-hydrogen) atoms. The van der Waals surface area contributed by atoms with E-state index < -0.39 is 6.09 Å². The van der Waals surface area contributed by atoms with E-state index in [1.807, 2.05) is 32.9 Å². The second kappa shape index (κ2) is 4.13. The van der Waals surface area contributed by atoms with Crippen molar-refractivity contribution in [1.29, 1.82) is 0 Å². The van der Waals surface area contributed by atoms with Crippen molar-refractivity contribution < 1.29 is 9.53 Å². The highest BCUT2D eigenvalue weighted by Crippen LogP contribution is 2.21. The fourth-order valence-corrected chi connectivity index (χ4v) is 1.25. The number of amides is 1. The Bertz CT molecular complexity index is 359. The molecular weight excluding hydrogens is 178 g/mol. The summed E-state index contributed by atoms with van der Waals surface area (Å²) >= 11 is 0. The molecule has 1 aromatic rings. The lowest BCUT2D eigenvalue weighted by molar-refractivity contribution is 0.187. The second-order valence-electron chi connectivity index (χ2n) is 3.30. The Hall–Kier alpha value is -1.51. The maximum atomic E-state index is 11.0. The van der Waals surface area contributed by atoms with Gasteiger partial charge in [-0.3, -0.25) is 5.32 Å². The quantitative estimate of drug-likeness (QED) is 0.744. The minimum atomic E-state index is -0.434. The van der Waals surface area contributed by atoms with Crippen LogP contribution >= 0.6 is 0 Å². The Morgan fingerprint density at radius 2 is 1.86 bits per heavy atom. The molecule has 3 heteroatoms. The molecule has 1 amide bonds. The smallest absolute Gasteiger partial charge is 0.411 e. The Morgan fingerprint density at radius 1 is 1.21 bits per heavy atom. The van der Waals surface area contributed by atoms with Gasteiger partial charge in [-0.2, -0.15) is 0 Å². The number of carbonyl (C=O) groups excluding carboxylic acids is 1. The molecule has 0 saturated carbocycles. The average molecular weight is 193 g/mol. The van der Waals surface area contributed by atoms with Gasteiger partial charge in [0, 0.05) is 5.69 Å². The first kappa shape index (κ1) is 10.6. The van der Waals surface area contributed by atoms with Crippen LogP contribution in [0.15, 0.2) is 12.1 Å². The van der Waals surface area contributed by atoms with Crippen LogP contribution in [0.5, 0.6) is 0 Å². The maximum Gasteiger partial charge on any atom is 0.411 e. The first-order chi connectivity index (χ1) is 6.56. The molecule has 76 valence electrons. The highest BCUT2D eigenvalue weighted by Gasteiger charge is 2.06. The third kappa shape index (κ3) is 2.05. The largest absolute Gasteiger partial charge is 0.453 e. The molecule has 0 bridgehead atoms. The Kier molecular flexibility index (Phi) is 3.12. The summed E-state index contributed by atoms with van der Waals surface area (Å²) in [5.41, 5.74) is 4.30. The Balaban J connectivity index is 3.00. The fraction of sp³-hybridized carbons (Fsp3) is 0.364. The molecule has 0 aromatic heterocycles. The van der Waals surface area contributed by atoms with E-state index in [0.717, 1.165) is 11.3 Å². The number of methoxy groups -OCH3 is 1. The summed E-state index contributed by atoms with van der Waals surface area (Å²) in [4.78, 5) is 11.0. The summed E-state index contributed by atoms with van der Waals surface area (Å²) in [5.74, 6) is 0. The van der Waals surface area contributed by atoms with E-state index in [1.54, 1.807) is 0 Å². The molecule has 0 atom stereocenters. The Morgan fingerprint density at radius 3 is 2.43 bits per heavy atom. The van der Waals surface area contributed by atoms with E-state index in [2.05, 4.69) is 10.1 Å². The van der Waals surface area contributed by atoms with Crippen LogP contribution in [-0.4, -0.2) is 13.2 Å². The average Bonchev–Trinajstić information content (AvgIpc) is 2.19. The molecule has 0 saturated heterocycles. The molecule has 0 aliphatic heterocycles. The van der Waals surface area contributed by atoms with Gasteiger partial charge >= 0.3 is 6.09 Å². The van der Waals surface area contributed by atoms with Crippen molar-refractivity contribution in [2.24, 2.45) is 0 Å². The number of hydrogen-bond acceptors (Lipinski definition) is 2. The van der Waals surface area contributed by atoms with Crippen LogP contribution < -0.4 is 5.32 Å². The predicted molar refractivity (Wildman–Crippen MR) is 56.7 cm³/mol. The number of nitrogens with one attached hydrogen (secondary N) is 1. The van der Waals surface area contributed by atoms with Gasteiger partial charge in [-0.15, -0.1) is 0 Å². The van der Waals surface area contributed by atoms with Crippen LogP contribution in [0.25, 0.3) is 0 Å². The zero-order valence-corrected chi connectivity index (χ0v) is 8.97. The third-order valence-corrected chi connectivity index (χ3v) is 2.48. The van der Waals surface area contributed by atoms with Gasteiger partial charge in [0.15, 0.2) is 0 Å². The number of aryl methyl sites for hydroxylation is 1. The minimum absolute atomic E-state index is 0.434. The lowest BCUT2D eigenvalue weighted by Gasteiger charge is -2.11. The van der Waals surface area contributed by atoms with E-state index in [9.17, 15) is 4.79 Å². The van der Waals surface area contributed by atoms with Crippen LogP contribution in [0.3, 0.4) is 0 Å². The molecule has 0 heterocycles. The SMILES string of the molecule is COC(=O)Nc1ccc(C)c(C)c1C. The number of anilines is 1. The monoisotopic (exact) mass is 193 g/mol. The molecule has 0 spiro atoms. The number of hydrogen-bond donors (Lipinski definition) is 1. The summed E-state index contributed by atoms with van der Waals surface area (Å²) in [6.07, 6.45) is -0.434. The zero-order valence-electron chi connectivity index (χ0n) is 8.97. The lowest BCUT2D eigenvalue weighted by atomic mass is 10.0. The van der Waals surface area contributed by atoms with E-state index >= 15 is 0 Å². The topological polar surface area (TPSA) is 38.3 Å². The summed E-state index contributed by atoms with van der Waals surface area (Å²) < 4.78 is 4.53. The van der Waals surface area contributed by atoms with Crippen molar-refractivity contribution in [2.75, 3.05) is 12.4 Å². The molecule has 0 aliphatic rings. The molecule has 0 radical (unpaired) electrons. The number of benzene rings is 1. The first-order valence-electron chi connectivity index (χ1n) is 4.48. The molecule has 3 nitrogen and oxygen atoms in total. The van der Waals surface area contributed by atoms with Crippen LogP contribution in [0, 0.1) is 20.8 Å². The van der Waals surface area contributed by atoms with Gasteiger partial charge in [-0.25, -0.2) is 4.79 Å². The highest BCUT2D eigenvalue weighted by molar-refractivity contribution is 5.85. The van der Waals surface area contributed by atoms with Gasteiger partial charge in [-0.1, -0.05) is 6.07 Å². The van der Waals surface area contributed by atoms with Crippen molar-refractivity contribution in [1.82, 2.24) is 0 Å². The molecule has 0 unspecified atom stereocenters. The molecule has 0 fully saturated rings. The molecule has 0 aliphatic carbocycles. The van der Waals surface area contributed by atoms with Crippen molar-refractivity contribution in [3.63, 3.8) is 0 Å². The van der Waals surface area contributed by atoms with E-state index in [0.29, 0.717) is 0 Å².